The monoisotopic (exact) mass is 792 g/mol. The second-order valence-corrected chi connectivity index (χ2v) is 19.9. The minimum Gasteiger partial charge on any atom is -0.505 e. The molecule has 4 aliphatic rings. The number of carboxylic acid groups (broad SMARTS) is 2. The Bertz CT molecular complexity index is 1760. The van der Waals surface area contributed by atoms with Crippen LogP contribution in [0.25, 0.3) is 0 Å². The van der Waals surface area contributed by atoms with E-state index in [0.29, 0.717) is 41.2 Å². The molecule has 0 heterocycles. The average molecular weight is 794 g/mol. The zero-order chi connectivity index (χ0) is 40.2. The molecule has 300 valence electrons. The van der Waals surface area contributed by atoms with Gasteiger partial charge in [-0.15, -0.1) is 0 Å². The van der Waals surface area contributed by atoms with Gasteiger partial charge in [0.05, 0.1) is 10.0 Å². The van der Waals surface area contributed by atoms with Crippen molar-refractivity contribution in [2.45, 2.75) is 125 Å². The third kappa shape index (κ3) is 7.61. The highest BCUT2D eigenvalue weighted by Gasteiger charge is 2.62. The van der Waals surface area contributed by atoms with Crippen molar-refractivity contribution in [1.29, 1.82) is 0 Å². The van der Waals surface area contributed by atoms with Gasteiger partial charge in [0.2, 0.25) is 0 Å². The fourth-order valence-electron chi connectivity index (χ4n) is 12.9. The molecule has 0 aliphatic heterocycles. The molecule has 0 saturated heterocycles. The summed E-state index contributed by atoms with van der Waals surface area (Å²) in [6.07, 6.45) is 15.1. The number of carboxylic acids is 2. The van der Waals surface area contributed by atoms with Gasteiger partial charge < -0.3 is 20.4 Å². The van der Waals surface area contributed by atoms with E-state index in [4.69, 9.17) is 23.2 Å². The Kier molecular flexibility index (Phi) is 11.9. The Balaban J connectivity index is 1.28. The van der Waals surface area contributed by atoms with Gasteiger partial charge in [-0.05, 0) is 158 Å². The molecule has 4 saturated carbocycles. The zero-order valence-corrected chi connectivity index (χ0v) is 35.0. The number of halogens is 2. The van der Waals surface area contributed by atoms with Gasteiger partial charge in [0.1, 0.15) is 22.6 Å². The fraction of sp³-hybridized carbons (Fsp3) is 0.617. The van der Waals surface area contributed by atoms with Crippen molar-refractivity contribution in [3.63, 3.8) is 0 Å². The summed E-state index contributed by atoms with van der Waals surface area (Å²) in [4.78, 5) is 24.0. The third-order valence-electron chi connectivity index (χ3n) is 15.8. The first-order chi connectivity index (χ1) is 25.8. The van der Waals surface area contributed by atoms with Gasteiger partial charge in [0.15, 0.2) is 0 Å². The molecule has 55 heavy (non-hydrogen) atoms. The smallest absolute Gasteiger partial charge is 0.339 e. The first-order valence-corrected chi connectivity index (χ1v) is 21.4. The molecule has 4 N–H and O–H groups in total. The van der Waals surface area contributed by atoms with Crippen LogP contribution in [0.4, 0.5) is 0 Å². The lowest BCUT2D eigenvalue weighted by atomic mass is 9.41. The van der Waals surface area contributed by atoms with E-state index in [0.717, 1.165) is 66.4 Å². The highest BCUT2D eigenvalue weighted by molar-refractivity contribution is 6.33. The van der Waals surface area contributed by atoms with Crippen LogP contribution in [0.5, 0.6) is 11.5 Å². The molecule has 0 unspecified atom stereocenters. The zero-order valence-electron chi connectivity index (χ0n) is 33.5. The minimum atomic E-state index is -1.26. The van der Waals surface area contributed by atoms with Crippen molar-refractivity contribution in [3.8, 4) is 11.5 Å². The number of rotatable bonds is 13. The van der Waals surface area contributed by atoms with Crippen molar-refractivity contribution >= 4 is 35.1 Å². The number of hydrogen-bond acceptors (Lipinski definition) is 4. The van der Waals surface area contributed by atoms with Gasteiger partial charge in [0, 0.05) is 5.41 Å². The number of carbonyl (C=O) groups is 2. The largest absolute Gasteiger partial charge is 0.505 e. The molecule has 2 aromatic rings. The van der Waals surface area contributed by atoms with E-state index in [1.807, 2.05) is 0 Å². The molecule has 0 spiro atoms. The molecule has 4 aliphatic carbocycles. The van der Waals surface area contributed by atoms with Gasteiger partial charge in [-0.1, -0.05) is 101 Å². The van der Waals surface area contributed by atoms with Crippen molar-refractivity contribution in [3.05, 3.63) is 80.9 Å². The molecule has 0 aromatic heterocycles. The molecule has 0 bridgehead atoms. The van der Waals surface area contributed by atoms with E-state index in [-0.39, 0.29) is 26.6 Å². The van der Waals surface area contributed by atoms with Crippen LogP contribution in [0, 0.1) is 57.7 Å². The summed E-state index contributed by atoms with van der Waals surface area (Å²) < 4.78 is 0. The summed E-state index contributed by atoms with van der Waals surface area (Å²) in [5, 5.41) is 40.3. The van der Waals surface area contributed by atoms with E-state index in [2.05, 4.69) is 47.8 Å². The maximum atomic E-state index is 12.0. The molecular weight excluding hydrogens is 731 g/mol. The second kappa shape index (κ2) is 15.8. The summed E-state index contributed by atoms with van der Waals surface area (Å²) in [5.74, 6) is 1.55. The molecule has 2 aromatic carbocycles. The van der Waals surface area contributed by atoms with Crippen LogP contribution >= 0.6 is 23.2 Å². The van der Waals surface area contributed by atoms with E-state index in [1.54, 1.807) is 12.1 Å². The number of aromatic hydroxyl groups is 2. The molecular formula is C47H62Cl2O6. The van der Waals surface area contributed by atoms with Gasteiger partial charge >= 0.3 is 11.9 Å². The van der Waals surface area contributed by atoms with Gasteiger partial charge in [-0.2, -0.15) is 0 Å². The summed E-state index contributed by atoms with van der Waals surface area (Å²) in [7, 11) is 0. The van der Waals surface area contributed by atoms with Crippen LogP contribution in [-0.4, -0.2) is 32.4 Å². The van der Waals surface area contributed by atoms with Crippen LogP contribution in [0.15, 0.2) is 48.6 Å². The molecule has 6 rings (SSSR count). The SMILES string of the molecule is C=C(Cc1cc(Cl)c(O)c(C(=O)O)c1)C1(C(=C)Cc2cc(Cl)c(O)c(C(=O)O)c2)CC[C@@]2(C)[C@@H](CC[C@@H]3[C@@H]2CC[C@]2(C)[C@@H]([C@H](C)CCCC(C)C)CC[C@@H]32)C1. The Hall–Kier alpha value is -2.96. The first kappa shape index (κ1) is 41.7. The van der Waals surface area contributed by atoms with Crippen LogP contribution in [0.2, 0.25) is 10.0 Å². The number of benzene rings is 2. The fourth-order valence-corrected chi connectivity index (χ4v) is 13.3. The van der Waals surface area contributed by atoms with Gasteiger partial charge in [0.25, 0.3) is 0 Å². The highest BCUT2D eigenvalue weighted by atomic mass is 35.5. The van der Waals surface area contributed by atoms with Crippen molar-refractivity contribution in [1.82, 2.24) is 0 Å². The lowest BCUT2D eigenvalue weighted by molar-refractivity contribution is -0.126. The summed E-state index contributed by atoms with van der Waals surface area (Å²) >= 11 is 12.7. The van der Waals surface area contributed by atoms with E-state index in [9.17, 15) is 30.0 Å². The minimum absolute atomic E-state index is 0.0199. The van der Waals surface area contributed by atoms with Crippen molar-refractivity contribution in [2.24, 2.45) is 57.7 Å². The van der Waals surface area contributed by atoms with Crippen LogP contribution in [0.1, 0.15) is 144 Å². The lowest BCUT2D eigenvalue weighted by Crippen LogP contribution is -2.55. The van der Waals surface area contributed by atoms with E-state index < -0.39 is 28.9 Å². The van der Waals surface area contributed by atoms with Crippen LogP contribution < -0.4 is 0 Å². The van der Waals surface area contributed by atoms with Crippen molar-refractivity contribution in [2.75, 3.05) is 0 Å². The Morgan fingerprint density at radius 3 is 1.82 bits per heavy atom. The standard InChI is InChI=1S/C47H62Cl2O6/c1-26(2)9-8-10-27(3)36-13-14-37-33-12-11-32-25-47(18-17-45(32,6)38(33)15-16-46(36,37)7,28(4)19-30-21-34(43(52)53)41(50)39(48)23-30)29(5)20-31-22-35(44(54)55)42(51)40(49)24-31/h21-24,26-27,32-33,36-38,50-51H,4-5,8-20,25H2,1-3,6-7H3,(H,52,53)(H,54,55)/t27-,32+,33+,36-,37+,38+,45+,46-/m1/s1. The Labute approximate surface area is 338 Å². The van der Waals surface area contributed by atoms with Gasteiger partial charge in [-0.25, -0.2) is 9.59 Å². The van der Waals surface area contributed by atoms with E-state index >= 15 is 0 Å². The Morgan fingerprint density at radius 2 is 1.29 bits per heavy atom. The maximum Gasteiger partial charge on any atom is 0.339 e. The molecule has 4 fully saturated rings. The van der Waals surface area contributed by atoms with Gasteiger partial charge in [-0.3, -0.25) is 0 Å². The third-order valence-corrected chi connectivity index (χ3v) is 16.4. The maximum absolute atomic E-state index is 12.0. The molecule has 8 atom stereocenters. The van der Waals surface area contributed by atoms with Crippen LogP contribution in [-0.2, 0) is 12.8 Å². The number of fused-ring (bicyclic) bond motifs is 5. The summed E-state index contributed by atoms with van der Waals surface area (Å²) in [6, 6.07) is 6.17. The number of aromatic carboxylic acids is 2. The summed E-state index contributed by atoms with van der Waals surface area (Å²) in [6.45, 7) is 21.8. The number of phenols is 2. The topological polar surface area (TPSA) is 115 Å². The summed E-state index contributed by atoms with van der Waals surface area (Å²) in [5.41, 5.74) is 2.68. The van der Waals surface area contributed by atoms with Crippen molar-refractivity contribution < 1.29 is 30.0 Å². The highest BCUT2D eigenvalue weighted by Crippen LogP contribution is 2.70. The number of allylic oxidation sites excluding steroid dienone is 2. The van der Waals surface area contributed by atoms with Crippen LogP contribution in [0.3, 0.4) is 0 Å². The molecule has 6 nitrogen and oxygen atoms in total. The molecule has 8 heteroatoms. The second-order valence-electron chi connectivity index (χ2n) is 19.1. The molecule has 0 radical (unpaired) electrons. The normalized spacial score (nSPS) is 30.2. The van der Waals surface area contributed by atoms with E-state index in [1.165, 1.54) is 63.5 Å². The Morgan fingerprint density at radius 1 is 0.745 bits per heavy atom. The predicted octanol–water partition coefficient (Wildman–Crippen LogP) is 12.8. The first-order valence-electron chi connectivity index (χ1n) is 20.7. The lowest BCUT2D eigenvalue weighted by Gasteiger charge is -2.63. The molecule has 0 amide bonds. The predicted molar refractivity (Wildman–Crippen MR) is 221 cm³/mol. The number of hydrogen-bond donors (Lipinski definition) is 4. The quantitative estimate of drug-likeness (QED) is 0.150. The average Bonchev–Trinajstić information content (AvgIpc) is 3.47.